The summed E-state index contributed by atoms with van der Waals surface area (Å²) >= 11 is 0. The van der Waals surface area contributed by atoms with Crippen LogP contribution in [0.1, 0.15) is 49.4 Å². The topological polar surface area (TPSA) is 49.2 Å². The zero-order chi connectivity index (χ0) is 17.3. The first-order valence-corrected chi connectivity index (χ1v) is 8.83. The highest BCUT2D eigenvalue weighted by Crippen LogP contribution is 2.39. The van der Waals surface area contributed by atoms with Crippen molar-refractivity contribution in [1.29, 1.82) is 0 Å². The van der Waals surface area contributed by atoms with Crippen LogP contribution in [0, 0.1) is 17.3 Å². The molecule has 130 valence electrons. The fraction of sp³-hybridized carbons (Fsp3) is 0.500. The summed E-state index contributed by atoms with van der Waals surface area (Å²) in [7, 11) is 0. The van der Waals surface area contributed by atoms with E-state index in [-0.39, 0.29) is 11.7 Å². The van der Waals surface area contributed by atoms with E-state index in [4.69, 9.17) is 9.47 Å². The number of benzene rings is 1. The second kappa shape index (κ2) is 6.62. The number of ether oxygens (including phenoxy) is 2. The number of aromatic nitrogens is 3. The standard InChI is InChI=1S/C20H23N3O2/c1-20(2)13-24-19(25-14-20)12-23-11-18(21-22-23)10-5-15-3-6-16(7-4-15)17-8-9-17/h3-4,6-7,11,17,19H,8-9,12-14H2,1-2H3. The summed E-state index contributed by atoms with van der Waals surface area (Å²) in [6, 6.07) is 8.52. The van der Waals surface area contributed by atoms with Crippen molar-refractivity contribution in [3.8, 4) is 11.8 Å². The first-order chi connectivity index (χ1) is 12.1. The molecule has 5 nitrogen and oxygen atoms in total. The van der Waals surface area contributed by atoms with Crippen LogP contribution in [0.15, 0.2) is 30.5 Å². The van der Waals surface area contributed by atoms with Crippen LogP contribution in [0.3, 0.4) is 0 Å². The molecule has 5 heteroatoms. The van der Waals surface area contributed by atoms with Crippen LogP contribution >= 0.6 is 0 Å². The SMILES string of the molecule is CC1(C)COC(Cn2cc(C#Cc3ccc(C4CC4)cc3)nn2)OC1. The Morgan fingerprint density at radius 1 is 1.12 bits per heavy atom. The predicted octanol–water partition coefficient (Wildman–Crippen LogP) is 2.95. The summed E-state index contributed by atoms with van der Waals surface area (Å²) in [5, 5.41) is 8.22. The molecule has 0 unspecified atom stereocenters. The molecule has 0 N–H and O–H groups in total. The van der Waals surface area contributed by atoms with E-state index in [0.717, 1.165) is 11.5 Å². The lowest BCUT2D eigenvalue weighted by atomic mass is 9.96. The minimum atomic E-state index is -0.273. The number of hydrogen-bond acceptors (Lipinski definition) is 4. The molecule has 1 aromatic carbocycles. The molecule has 2 aromatic rings. The second-order valence-electron chi connectivity index (χ2n) is 7.69. The van der Waals surface area contributed by atoms with Gasteiger partial charge in [0, 0.05) is 11.0 Å². The van der Waals surface area contributed by atoms with E-state index in [2.05, 4.69) is 60.3 Å². The molecule has 4 rings (SSSR count). The van der Waals surface area contributed by atoms with Crippen LogP contribution in [0.4, 0.5) is 0 Å². The van der Waals surface area contributed by atoms with E-state index in [9.17, 15) is 0 Å². The summed E-state index contributed by atoms with van der Waals surface area (Å²) in [6.45, 7) is 6.17. The molecular weight excluding hydrogens is 314 g/mol. The van der Waals surface area contributed by atoms with Crippen molar-refractivity contribution in [3.63, 3.8) is 0 Å². The van der Waals surface area contributed by atoms with Crippen molar-refractivity contribution in [2.45, 2.75) is 45.4 Å². The number of hydrogen-bond donors (Lipinski definition) is 0. The first-order valence-electron chi connectivity index (χ1n) is 8.83. The van der Waals surface area contributed by atoms with Crippen LogP contribution in [-0.4, -0.2) is 34.5 Å². The Balaban J connectivity index is 1.35. The zero-order valence-corrected chi connectivity index (χ0v) is 14.7. The van der Waals surface area contributed by atoms with Gasteiger partial charge in [0.15, 0.2) is 12.0 Å². The largest absolute Gasteiger partial charge is 0.350 e. The van der Waals surface area contributed by atoms with E-state index < -0.39 is 0 Å². The van der Waals surface area contributed by atoms with Gasteiger partial charge in [-0.1, -0.05) is 37.1 Å². The maximum Gasteiger partial charge on any atom is 0.177 e. The van der Waals surface area contributed by atoms with Gasteiger partial charge in [0.2, 0.25) is 0 Å². The highest BCUT2D eigenvalue weighted by Gasteiger charge is 2.28. The van der Waals surface area contributed by atoms with Crippen molar-refractivity contribution in [2.75, 3.05) is 13.2 Å². The van der Waals surface area contributed by atoms with Crippen molar-refractivity contribution < 1.29 is 9.47 Å². The number of rotatable bonds is 3. The van der Waals surface area contributed by atoms with Crippen LogP contribution in [0.5, 0.6) is 0 Å². The predicted molar refractivity (Wildman–Crippen MR) is 93.9 cm³/mol. The molecule has 0 atom stereocenters. The van der Waals surface area contributed by atoms with E-state index in [1.807, 2.05) is 6.20 Å². The lowest BCUT2D eigenvalue weighted by Crippen LogP contribution is -2.39. The Morgan fingerprint density at radius 2 is 1.84 bits per heavy atom. The van der Waals surface area contributed by atoms with Crippen LogP contribution in [-0.2, 0) is 16.0 Å². The molecule has 0 radical (unpaired) electrons. The highest BCUT2D eigenvalue weighted by molar-refractivity contribution is 5.41. The molecule has 25 heavy (non-hydrogen) atoms. The summed E-state index contributed by atoms with van der Waals surface area (Å²) in [5.74, 6) is 6.99. The average Bonchev–Trinajstić information content (AvgIpc) is 3.36. The van der Waals surface area contributed by atoms with Gasteiger partial charge in [-0.2, -0.15) is 0 Å². The third-order valence-corrected chi connectivity index (χ3v) is 4.49. The molecule has 2 aliphatic rings. The quantitative estimate of drug-likeness (QED) is 0.808. The normalized spacial score (nSPS) is 20.1. The summed E-state index contributed by atoms with van der Waals surface area (Å²) in [6.07, 6.45) is 4.20. The molecule has 1 aromatic heterocycles. The van der Waals surface area contributed by atoms with Gasteiger partial charge in [-0.05, 0) is 42.4 Å². The van der Waals surface area contributed by atoms with E-state index in [0.29, 0.717) is 25.5 Å². The van der Waals surface area contributed by atoms with Gasteiger partial charge in [0.25, 0.3) is 0 Å². The Labute approximate surface area is 148 Å². The molecular formula is C20H23N3O2. The molecule has 0 spiro atoms. The first kappa shape index (κ1) is 16.3. The van der Waals surface area contributed by atoms with E-state index in [1.165, 1.54) is 18.4 Å². The van der Waals surface area contributed by atoms with Crippen molar-refractivity contribution in [1.82, 2.24) is 15.0 Å². The Morgan fingerprint density at radius 3 is 2.52 bits per heavy atom. The zero-order valence-electron chi connectivity index (χ0n) is 14.7. The van der Waals surface area contributed by atoms with Gasteiger partial charge < -0.3 is 9.47 Å². The lowest BCUT2D eigenvalue weighted by molar-refractivity contribution is -0.227. The second-order valence-corrected chi connectivity index (χ2v) is 7.69. The van der Waals surface area contributed by atoms with Crippen LogP contribution in [0.25, 0.3) is 0 Å². The van der Waals surface area contributed by atoms with Crippen molar-refractivity contribution in [3.05, 3.63) is 47.3 Å². The maximum absolute atomic E-state index is 5.72. The van der Waals surface area contributed by atoms with Gasteiger partial charge in [0.1, 0.15) is 0 Å². The molecule has 0 amide bonds. The van der Waals surface area contributed by atoms with Gasteiger partial charge in [0.05, 0.1) is 26.0 Å². The van der Waals surface area contributed by atoms with Gasteiger partial charge >= 0.3 is 0 Å². The molecule has 2 heterocycles. The third kappa shape index (κ3) is 4.28. The fourth-order valence-electron chi connectivity index (χ4n) is 2.82. The van der Waals surface area contributed by atoms with Gasteiger partial charge in [-0.3, -0.25) is 0 Å². The molecule has 0 bridgehead atoms. The van der Waals surface area contributed by atoms with Crippen molar-refractivity contribution in [2.24, 2.45) is 5.41 Å². The summed E-state index contributed by atoms with van der Waals surface area (Å²) < 4.78 is 13.2. The van der Waals surface area contributed by atoms with Gasteiger partial charge in [-0.15, -0.1) is 5.10 Å². The minimum Gasteiger partial charge on any atom is -0.350 e. The molecule has 1 aliphatic heterocycles. The van der Waals surface area contributed by atoms with Crippen LogP contribution in [0.2, 0.25) is 0 Å². The van der Waals surface area contributed by atoms with Crippen LogP contribution < -0.4 is 0 Å². The Hall–Kier alpha value is -2.16. The van der Waals surface area contributed by atoms with E-state index >= 15 is 0 Å². The average molecular weight is 337 g/mol. The number of nitrogens with zero attached hydrogens (tertiary/aromatic N) is 3. The fourth-order valence-corrected chi connectivity index (χ4v) is 2.82. The highest BCUT2D eigenvalue weighted by atomic mass is 16.7. The molecule has 1 saturated carbocycles. The van der Waals surface area contributed by atoms with Gasteiger partial charge in [-0.25, -0.2) is 4.68 Å². The molecule has 1 saturated heterocycles. The minimum absolute atomic E-state index is 0.0740. The molecule has 1 aliphatic carbocycles. The lowest BCUT2D eigenvalue weighted by Gasteiger charge is -2.34. The van der Waals surface area contributed by atoms with Crippen molar-refractivity contribution >= 4 is 0 Å². The maximum atomic E-state index is 5.72. The smallest absolute Gasteiger partial charge is 0.177 e. The summed E-state index contributed by atoms with van der Waals surface area (Å²) in [5.41, 5.74) is 3.15. The Kier molecular flexibility index (Phi) is 4.32. The summed E-state index contributed by atoms with van der Waals surface area (Å²) in [4.78, 5) is 0. The third-order valence-electron chi connectivity index (χ3n) is 4.49. The molecule has 2 fully saturated rings. The van der Waals surface area contributed by atoms with E-state index in [1.54, 1.807) is 4.68 Å². The monoisotopic (exact) mass is 337 g/mol. The Bertz CT molecular complexity index is 784.